The van der Waals surface area contributed by atoms with Crippen molar-refractivity contribution in [2.45, 2.75) is 39.3 Å². The van der Waals surface area contributed by atoms with Crippen LogP contribution in [0.1, 0.15) is 40.2 Å². The first-order valence-electron chi connectivity index (χ1n) is 10.7. The van der Waals surface area contributed by atoms with E-state index in [2.05, 4.69) is 5.10 Å². The third-order valence-corrected chi connectivity index (χ3v) is 5.61. The van der Waals surface area contributed by atoms with Gasteiger partial charge in [0.05, 0.1) is 24.6 Å². The first-order chi connectivity index (χ1) is 15.0. The number of ether oxygens (including phenoxy) is 2. The van der Waals surface area contributed by atoms with Crippen LogP contribution in [-0.4, -0.2) is 47.0 Å². The Kier molecular flexibility index (Phi) is 6.37. The highest BCUT2D eigenvalue weighted by Gasteiger charge is 2.24. The maximum absolute atomic E-state index is 13.4. The first kappa shape index (κ1) is 21.1. The lowest BCUT2D eigenvalue weighted by Gasteiger charge is -2.26. The smallest absolute Gasteiger partial charge is 0.254 e. The monoisotopic (exact) mass is 419 g/mol. The highest BCUT2D eigenvalue weighted by atomic mass is 16.5. The molecule has 31 heavy (non-hydrogen) atoms. The third kappa shape index (κ3) is 4.97. The molecule has 6 heteroatoms. The minimum atomic E-state index is -0.00163. The average molecular weight is 420 g/mol. The third-order valence-electron chi connectivity index (χ3n) is 5.61. The van der Waals surface area contributed by atoms with Gasteiger partial charge in [0.15, 0.2) is 0 Å². The van der Waals surface area contributed by atoms with E-state index in [1.165, 1.54) is 0 Å². The molecule has 0 aliphatic carbocycles. The molecule has 162 valence electrons. The molecule has 0 N–H and O–H groups in total. The number of hydrogen-bond acceptors (Lipinski definition) is 4. The van der Waals surface area contributed by atoms with Crippen molar-refractivity contribution in [1.29, 1.82) is 0 Å². The number of rotatable bonds is 7. The fourth-order valence-electron chi connectivity index (χ4n) is 4.06. The Morgan fingerprint density at radius 1 is 1.19 bits per heavy atom. The molecule has 4 rings (SSSR count). The van der Waals surface area contributed by atoms with Crippen molar-refractivity contribution in [3.63, 3.8) is 0 Å². The lowest BCUT2D eigenvalue weighted by atomic mass is 10.1. The van der Waals surface area contributed by atoms with E-state index in [0.717, 1.165) is 47.8 Å². The van der Waals surface area contributed by atoms with Crippen molar-refractivity contribution in [1.82, 2.24) is 14.7 Å². The van der Waals surface area contributed by atoms with Crippen LogP contribution < -0.4 is 4.74 Å². The highest BCUT2D eigenvalue weighted by Crippen LogP contribution is 2.20. The minimum Gasteiger partial charge on any atom is -0.497 e. The standard InChI is InChI=1S/C25H29N3O3/c1-18-14-19(2)28(26-18)22-11-9-21(10-12-22)25(29)27(17-24-8-5-13-31-24)16-20-6-4-7-23(15-20)30-3/h4,6-7,9-12,14-15,24H,5,8,13,16-17H2,1-3H3. The minimum absolute atomic E-state index is 0.00163. The number of aryl methyl sites for hydroxylation is 2. The Bertz CT molecular complexity index is 1040. The zero-order valence-corrected chi connectivity index (χ0v) is 18.4. The SMILES string of the molecule is COc1cccc(CN(CC2CCCO2)C(=O)c2ccc(-n3nc(C)cc3C)cc2)c1. The molecule has 3 aromatic rings. The van der Waals surface area contributed by atoms with Crippen LogP contribution in [0.2, 0.25) is 0 Å². The van der Waals surface area contributed by atoms with E-state index in [4.69, 9.17) is 9.47 Å². The van der Waals surface area contributed by atoms with Crippen LogP contribution in [0.15, 0.2) is 54.6 Å². The molecule has 1 atom stereocenters. The van der Waals surface area contributed by atoms with Gasteiger partial charge in [-0.15, -0.1) is 0 Å². The summed E-state index contributed by atoms with van der Waals surface area (Å²) in [4.78, 5) is 15.3. The number of benzene rings is 2. The number of carbonyl (C=O) groups is 1. The van der Waals surface area contributed by atoms with Crippen molar-refractivity contribution in [3.8, 4) is 11.4 Å². The summed E-state index contributed by atoms with van der Waals surface area (Å²) in [6.07, 6.45) is 2.12. The topological polar surface area (TPSA) is 56.6 Å². The molecule has 1 aliphatic rings. The fourth-order valence-corrected chi connectivity index (χ4v) is 4.06. The molecule has 2 heterocycles. The number of aromatic nitrogens is 2. The molecule has 1 fully saturated rings. The lowest BCUT2D eigenvalue weighted by molar-refractivity contribution is 0.0507. The Morgan fingerprint density at radius 2 is 2.00 bits per heavy atom. The Labute approximate surface area is 183 Å². The van der Waals surface area contributed by atoms with Gasteiger partial charge in [-0.2, -0.15) is 5.10 Å². The number of nitrogens with zero attached hydrogens (tertiary/aromatic N) is 3. The van der Waals surface area contributed by atoms with Crippen LogP contribution in [0.25, 0.3) is 5.69 Å². The summed E-state index contributed by atoms with van der Waals surface area (Å²) in [5.41, 5.74) is 4.67. The second-order valence-electron chi connectivity index (χ2n) is 8.06. The van der Waals surface area contributed by atoms with Crippen LogP contribution in [0.3, 0.4) is 0 Å². The molecule has 0 bridgehead atoms. The van der Waals surface area contributed by atoms with Crippen molar-refractivity contribution >= 4 is 5.91 Å². The normalized spacial score (nSPS) is 15.8. The van der Waals surface area contributed by atoms with E-state index < -0.39 is 0 Å². The second-order valence-corrected chi connectivity index (χ2v) is 8.06. The van der Waals surface area contributed by atoms with Gasteiger partial charge in [0.25, 0.3) is 5.91 Å². The molecule has 1 aliphatic heterocycles. The van der Waals surface area contributed by atoms with E-state index >= 15 is 0 Å². The number of carbonyl (C=O) groups excluding carboxylic acids is 1. The van der Waals surface area contributed by atoms with Gasteiger partial charge in [-0.3, -0.25) is 4.79 Å². The zero-order valence-electron chi connectivity index (χ0n) is 18.4. The van der Waals surface area contributed by atoms with E-state index in [0.29, 0.717) is 18.7 Å². The predicted molar refractivity (Wildman–Crippen MR) is 120 cm³/mol. The van der Waals surface area contributed by atoms with Crippen LogP contribution in [0, 0.1) is 13.8 Å². The summed E-state index contributed by atoms with van der Waals surface area (Å²) in [5, 5.41) is 4.52. The second kappa shape index (κ2) is 9.35. The highest BCUT2D eigenvalue weighted by molar-refractivity contribution is 5.94. The predicted octanol–water partition coefficient (Wildman–Crippen LogP) is 4.32. The summed E-state index contributed by atoms with van der Waals surface area (Å²) in [6.45, 7) is 5.85. The molecule has 1 unspecified atom stereocenters. The van der Waals surface area contributed by atoms with Crippen LogP contribution in [-0.2, 0) is 11.3 Å². The van der Waals surface area contributed by atoms with E-state index in [-0.39, 0.29) is 12.0 Å². The summed E-state index contributed by atoms with van der Waals surface area (Å²) in [7, 11) is 1.65. The van der Waals surface area contributed by atoms with Gasteiger partial charge in [-0.25, -0.2) is 4.68 Å². The van der Waals surface area contributed by atoms with Gasteiger partial charge in [0.2, 0.25) is 0 Å². The summed E-state index contributed by atoms with van der Waals surface area (Å²) < 4.78 is 13.1. The number of hydrogen-bond donors (Lipinski definition) is 0. The van der Waals surface area contributed by atoms with Crippen molar-refractivity contribution in [2.75, 3.05) is 20.3 Å². The summed E-state index contributed by atoms with van der Waals surface area (Å²) >= 11 is 0. The quantitative estimate of drug-likeness (QED) is 0.572. The van der Waals surface area contributed by atoms with Crippen LogP contribution in [0.5, 0.6) is 5.75 Å². The first-order valence-corrected chi connectivity index (χ1v) is 10.7. The number of amides is 1. The van der Waals surface area contributed by atoms with Crippen LogP contribution in [0.4, 0.5) is 0 Å². The van der Waals surface area contributed by atoms with Gasteiger partial charge in [-0.1, -0.05) is 12.1 Å². The van der Waals surface area contributed by atoms with E-state index in [1.807, 2.05) is 78.0 Å². The molecule has 1 aromatic heterocycles. The molecule has 6 nitrogen and oxygen atoms in total. The molecule has 1 saturated heterocycles. The number of methoxy groups -OCH3 is 1. The van der Waals surface area contributed by atoms with E-state index in [1.54, 1.807) is 7.11 Å². The molecular formula is C25H29N3O3. The van der Waals surface area contributed by atoms with Gasteiger partial charge in [0.1, 0.15) is 5.75 Å². The maximum atomic E-state index is 13.4. The Hall–Kier alpha value is -3.12. The van der Waals surface area contributed by atoms with Crippen molar-refractivity contribution in [2.24, 2.45) is 0 Å². The molecule has 0 spiro atoms. The van der Waals surface area contributed by atoms with E-state index in [9.17, 15) is 4.79 Å². The Balaban J connectivity index is 1.56. The molecular weight excluding hydrogens is 390 g/mol. The molecule has 0 saturated carbocycles. The van der Waals surface area contributed by atoms with Gasteiger partial charge in [-0.05, 0) is 74.7 Å². The van der Waals surface area contributed by atoms with Crippen molar-refractivity contribution < 1.29 is 14.3 Å². The van der Waals surface area contributed by atoms with Gasteiger partial charge >= 0.3 is 0 Å². The lowest BCUT2D eigenvalue weighted by Crippen LogP contribution is -2.37. The summed E-state index contributed by atoms with van der Waals surface area (Å²) in [5.74, 6) is 0.787. The largest absolute Gasteiger partial charge is 0.497 e. The van der Waals surface area contributed by atoms with Gasteiger partial charge < -0.3 is 14.4 Å². The maximum Gasteiger partial charge on any atom is 0.254 e. The molecule has 2 aromatic carbocycles. The summed E-state index contributed by atoms with van der Waals surface area (Å²) in [6, 6.07) is 17.5. The molecule has 1 amide bonds. The Morgan fingerprint density at radius 3 is 2.65 bits per heavy atom. The van der Waals surface area contributed by atoms with Crippen molar-refractivity contribution in [3.05, 3.63) is 77.1 Å². The van der Waals surface area contributed by atoms with Gasteiger partial charge in [0, 0.05) is 31.0 Å². The fraction of sp³-hybridized carbons (Fsp3) is 0.360. The average Bonchev–Trinajstić information content (AvgIpc) is 3.42. The zero-order chi connectivity index (χ0) is 21.8. The molecule has 0 radical (unpaired) electrons. The van der Waals surface area contributed by atoms with Crippen LogP contribution >= 0.6 is 0 Å².